The van der Waals surface area contributed by atoms with Crippen LogP contribution in [0.15, 0.2) is 6.07 Å². The van der Waals surface area contributed by atoms with E-state index in [1.165, 1.54) is 19.9 Å². The first-order chi connectivity index (χ1) is 9.40. The third-order valence-electron chi connectivity index (χ3n) is 3.18. The average Bonchev–Trinajstić information content (AvgIpc) is 3.21. The Kier molecular flexibility index (Phi) is 4.32. The van der Waals surface area contributed by atoms with E-state index in [1.807, 2.05) is 7.05 Å². The van der Waals surface area contributed by atoms with Crippen molar-refractivity contribution in [2.45, 2.75) is 25.1 Å². The van der Waals surface area contributed by atoms with Gasteiger partial charge in [0.25, 0.3) is 0 Å². The molecule has 0 amide bonds. The highest BCUT2D eigenvalue weighted by atomic mass is 19.4. The molecule has 1 aromatic heterocycles. The topological polar surface area (TPSA) is 53.1 Å². The smallest absolute Gasteiger partial charge is 0.369 e. The Balaban J connectivity index is 1.98. The van der Waals surface area contributed by atoms with Gasteiger partial charge in [-0.05, 0) is 19.9 Å². The lowest BCUT2D eigenvalue weighted by Gasteiger charge is -2.16. The lowest BCUT2D eigenvalue weighted by molar-refractivity contribution is -0.141. The predicted octanol–water partition coefficient (Wildman–Crippen LogP) is 2.04. The molecular weight excluding hydrogens is 271 g/mol. The van der Waals surface area contributed by atoms with Gasteiger partial charge in [-0.1, -0.05) is 0 Å². The minimum atomic E-state index is -4.48. The fraction of sp³-hybridized carbons (Fsp3) is 0.667. The minimum Gasteiger partial charge on any atom is -0.369 e. The fourth-order valence-electron chi connectivity index (χ4n) is 1.85. The van der Waals surface area contributed by atoms with Gasteiger partial charge in [-0.3, -0.25) is 0 Å². The summed E-state index contributed by atoms with van der Waals surface area (Å²) in [6, 6.07) is 1.55. The molecule has 112 valence electrons. The number of nitrogens with one attached hydrogen (secondary N) is 2. The van der Waals surface area contributed by atoms with E-state index < -0.39 is 11.9 Å². The first kappa shape index (κ1) is 14.8. The van der Waals surface area contributed by atoms with Gasteiger partial charge in [0, 0.05) is 32.2 Å². The molecule has 20 heavy (non-hydrogen) atoms. The summed E-state index contributed by atoms with van der Waals surface area (Å²) in [4.78, 5) is 9.57. The van der Waals surface area contributed by atoms with E-state index in [9.17, 15) is 13.2 Å². The van der Waals surface area contributed by atoms with Crippen LogP contribution in [0.25, 0.3) is 0 Å². The zero-order valence-electron chi connectivity index (χ0n) is 11.5. The van der Waals surface area contributed by atoms with Crippen LogP contribution in [-0.4, -0.2) is 48.1 Å². The van der Waals surface area contributed by atoms with Gasteiger partial charge in [0.1, 0.15) is 5.82 Å². The first-order valence-corrected chi connectivity index (χ1v) is 6.48. The number of nitrogens with zero attached hydrogens (tertiary/aromatic N) is 3. The van der Waals surface area contributed by atoms with Crippen LogP contribution in [0, 0.1) is 0 Å². The van der Waals surface area contributed by atoms with Crippen molar-refractivity contribution in [2.24, 2.45) is 0 Å². The van der Waals surface area contributed by atoms with Gasteiger partial charge in [-0.25, -0.2) is 4.98 Å². The van der Waals surface area contributed by atoms with Crippen molar-refractivity contribution in [3.63, 3.8) is 0 Å². The average molecular weight is 289 g/mol. The third-order valence-corrected chi connectivity index (χ3v) is 3.18. The van der Waals surface area contributed by atoms with Gasteiger partial charge in [-0.2, -0.15) is 18.2 Å². The summed E-state index contributed by atoms with van der Waals surface area (Å²) in [5.74, 6) is 0.138. The second-order valence-corrected chi connectivity index (χ2v) is 4.85. The maximum atomic E-state index is 12.7. The highest BCUT2D eigenvalue weighted by Gasteiger charge is 2.33. The highest BCUT2D eigenvalue weighted by Crippen LogP contribution is 2.29. The second-order valence-electron chi connectivity index (χ2n) is 4.85. The van der Waals surface area contributed by atoms with Gasteiger partial charge in [0.2, 0.25) is 5.95 Å². The van der Waals surface area contributed by atoms with Gasteiger partial charge >= 0.3 is 6.18 Å². The SMILES string of the molecule is CNc1nc(NCCN(C)C2CC2)cc(C(F)(F)F)n1. The molecule has 0 radical (unpaired) electrons. The van der Waals surface area contributed by atoms with Gasteiger partial charge in [0.15, 0.2) is 5.69 Å². The Morgan fingerprint density at radius 1 is 1.35 bits per heavy atom. The summed E-state index contributed by atoms with van der Waals surface area (Å²) >= 11 is 0. The molecule has 1 aliphatic rings. The molecule has 1 heterocycles. The van der Waals surface area contributed by atoms with Crippen molar-refractivity contribution in [3.8, 4) is 0 Å². The maximum Gasteiger partial charge on any atom is 0.433 e. The molecule has 0 saturated heterocycles. The molecule has 1 aliphatic carbocycles. The predicted molar refractivity (Wildman–Crippen MR) is 70.7 cm³/mol. The van der Waals surface area contributed by atoms with E-state index >= 15 is 0 Å². The molecule has 0 spiro atoms. The molecule has 0 atom stereocenters. The highest BCUT2D eigenvalue weighted by molar-refractivity contribution is 5.42. The molecule has 1 aromatic rings. The van der Waals surface area contributed by atoms with E-state index in [4.69, 9.17) is 0 Å². The molecule has 5 nitrogen and oxygen atoms in total. The third kappa shape index (κ3) is 3.96. The van der Waals surface area contributed by atoms with Crippen LogP contribution in [0.3, 0.4) is 0 Å². The summed E-state index contributed by atoms with van der Waals surface area (Å²) < 4.78 is 38.1. The van der Waals surface area contributed by atoms with Gasteiger partial charge in [-0.15, -0.1) is 0 Å². The monoisotopic (exact) mass is 289 g/mol. The largest absolute Gasteiger partial charge is 0.433 e. The molecule has 2 N–H and O–H groups in total. The zero-order chi connectivity index (χ0) is 14.8. The normalized spacial score (nSPS) is 15.5. The van der Waals surface area contributed by atoms with E-state index in [-0.39, 0.29) is 11.8 Å². The Labute approximate surface area is 115 Å². The van der Waals surface area contributed by atoms with Crippen LogP contribution in [0.2, 0.25) is 0 Å². The second kappa shape index (κ2) is 5.82. The van der Waals surface area contributed by atoms with Crippen LogP contribution in [-0.2, 0) is 6.18 Å². The lowest BCUT2D eigenvalue weighted by Crippen LogP contribution is -2.27. The van der Waals surface area contributed by atoms with Crippen molar-refractivity contribution in [1.82, 2.24) is 14.9 Å². The molecule has 1 fully saturated rings. The fourth-order valence-corrected chi connectivity index (χ4v) is 1.85. The molecule has 0 bridgehead atoms. The summed E-state index contributed by atoms with van der Waals surface area (Å²) in [6.07, 6.45) is -2.08. The van der Waals surface area contributed by atoms with E-state index in [0.717, 1.165) is 12.6 Å². The Bertz CT molecular complexity index is 459. The molecule has 8 heteroatoms. The summed E-state index contributed by atoms with van der Waals surface area (Å²) in [5, 5.41) is 5.45. The molecule has 2 rings (SSSR count). The van der Waals surface area contributed by atoms with Gasteiger partial charge in [0.05, 0.1) is 0 Å². The number of aromatic nitrogens is 2. The van der Waals surface area contributed by atoms with Crippen LogP contribution < -0.4 is 10.6 Å². The van der Waals surface area contributed by atoms with Crippen LogP contribution >= 0.6 is 0 Å². The van der Waals surface area contributed by atoms with Crippen molar-refractivity contribution in [2.75, 3.05) is 37.8 Å². The number of anilines is 2. The van der Waals surface area contributed by atoms with Crippen LogP contribution in [0.1, 0.15) is 18.5 Å². The standard InChI is InChI=1S/C12H18F3N5/c1-16-11-18-9(12(13,14)15)7-10(19-11)17-5-6-20(2)8-3-4-8/h7-8H,3-6H2,1-2H3,(H2,16,17,18,19). The van der Waals surface area contributed by atoms with Gasteiger partial charge < -0.3 is 15.5 Å². The molecule has 0 aliphatic heterocycles. The van der Waals surface area contributed by atoms with Crippen molar-refractivity contribution >= 4 is 11.8 Å². The lowest BCUT2D eigenvalue weighted by atomic mass is 10.3. The summed E-state index contributed by atoms with van der Waals surface area (Å²) in [7, 11) is 3.50. The van der Waals surface area contributed by atoms with Crippen LogP contribution in [0.5, 0.6) is 0 Å². The Morgan fingerprint density at radius 2 is 2.05 bits per heavy atom. The first-order valence-electron chi connectivity index (χ1n) is 6.48. The summed E-state index contributed by atoms with van der Waals surface area (Å²) in [5.41, 5.74) is -0.949. The van der Waals surface area contributed by atoms with E-state index in [0.29, 0.717) is 12.6 Å². The number of likely N-dealkylation sites (N-methyl/N-ethyl adjacent to an activating group) is 1. The van der Waals surface area contributed by atoms with Crippen molar-refractivity contribution in [1.29, 1.82) is 0 Å². The number of hydrogen-bond acceptors (Lipinski definition) is 5. The Hall–Kier alpha value is -1.57. The van der Waals surface area contributed by atoms with E-state index in [2.05, 4.69) is 25.5 Å². The molecule has 0 unspecified atom stereocenters. The zero-order valence-corrected chi connectivity index (χ0v) is 11.5. The van der Waals surface area contributed by atoms with E-state index in [1.54, 1.807) is 0 Å². The number of rotatable bonds is 6. The quantitative estimate of drug-likeness (QED) is 0.839. The summed E-state index contributed by atoms with van der Waals surface area (Å²) in [6.45, 7) is 1.31. The van der Waals surface area contributed by atoms with Crippen molar-refractivity contribution in [3.05, 3.63) is 11.8 Å². The maximum absolute atomic E-state index is 12.7. The minimum absolute atomic E-state index is 0.0436. The molecular formula is C12H18F3N5. The number of alkyl halides is 3. The molecule has 0 aromatic carbocycles. The number of hydrogen-bond donors (Lipinski definition) is 2. The Morgan fingerprint density at radius 3 is 2.60 bits per heavy atom. The number of halogens is 3. The molecule has 1 saturated carbocycles. The van der Waals surface area contributed by atoms with Crippen molar-refractivity contribution < 1.29 is 13.2 Å². The van der Waals surface area contributed by atoms with Crippen LogP contribution in [0.4, 0.5) is 24.9 Å².